The van der Waals surface area contributed by atoms with E-state index in [9.17, 15) is 9.59 Å². The molecule has 0 saturated carbocycles. The molecule has 0 radical (unpaired) electrons. The third-order valence-corrected chi connectivity index (χ3v) is 5.89. The van der Waals surface area contributed by atoms with E-state index >= 15 is 0 Å². The molecule has 32 heavy (non-hydrogen) atoms. The van der Waals surface area contributed by atoms with Crippen molar-refractivity contribution in [2.45, 2.75) is 19.4 Å². The predicted octanol–water partition coefficient (Wildman–Crippen LogP) is 2.87. The van der Waals surface area contributed by atoms with Crippen LogP contribution in [0.15, 0.2) is 61.2 Å². The molecular weight excluding hydrogens is 408 g/mol. The van der Waals surface area contributed by atoms with Crippen LogP contribution in [0.3, 0.4) is 0 Å². The van der Waals surface area contributed by atoms with Gasteiger partial charge in [-0.1, -0.05) is 12.1 Å². The first-order valence-corrected chi connectivity index (χ1v) is 10.7. The van der Waals surface area contributed by atoms with E-state index in [1.54, 1.807) is 29.6 Å². The molecule has 2 aliphatic heterocycles. The van der Waals surface area contributed by atoms with E-state index in [1.807, 2.05) is 48.0 Å². The minimum atomic E-state index is -0.400. The topological polar surface area (TPSA) is 85.7 Å². The second-order valence-electron chi connectivity index (χ2n) is 8.03. The number of hydrogen-bond acceptors (Lipinski definition) is 5. The van der Waals surface area contributed by atoms with Gasteiger partial charge < -0.3 is 24.3 Å². The monoisotopic (exact) mass is 432 g/mol. The quantitative estimate of drug-likeness (QED) is 0.670. The van der Waals surface area contributed by atoms with Crippen LogP contribution < -0.4 is 19.7 Å². The number of fused-ring (bicyclic) bond motifs is 1. The van der Waals surface area contributed by atoms with Gasteiger partial charge in [-0.2, -0.15) is 0 Å². The van der Waals surface area contributed by atoms with Gasteiger partial charge in [0.25, 0.3) is 0 Å². The minimum absolute atomic E-state index is 0.0702. The van der Waals surface area contributed by atoms with E-state index in [4.69, 9.17) is 9.47 Å². The van der Waals surface area contributed by atoms with Crippen LogP contribution in [0.5, 0.6) is 11.5 Å². The van der Waals surface area contributed by atoms with Crippen LogP contribution in [0, 0.1) is 5.92 Å². The molecule has 0 spiro atoms. The van der Waals surface area contributed by atoms with Gasteiger partial charge in [0.1, 0.15) is 13.2 Å². The Kier molecular flexibility index (Phi) is 5.26. The van der Waals surface area contributed by atoms with Crippen LogP contribution in [-0.2, 0) is 9.59 Å². The molecule has 2 aliphatic rings. The summed E-state index contributed by atoms with van der Waals surface area (Å²) in [6.07, 6.45) is 5.54. The van der Waals surface area contributed by atoms with E-state index in [0.717, 1.165) is 16.9 Å². The number of amides is 2. The number of nitrogens with zero attached hydrogens (tertiary/aromatic N) is 3. The average molecular weight is 432 g/mol. The maximum absolute atomic E-state index is 12.9. The van der Waals surface area contributed by atoms with Crippen molar-refractivity contribution in [1.82, 2.24) is 14.9 Å². The van der Waals surface area contributed by atoms with E-state index in [-0.39, 0.29) is 24.3 Å². The third-order valence-electron chi connectivity index (χ3n) is 5.89. The first kappa shape index (κ1) is 20.1. The van der Waals surface area contributed by atoms with Crippen molar-refractivity contribution in [2.75, 3.05) is 24.7 Å². The van der Waals surface area contributed by atoms with Crippen molar-refractivity contribution in [3.8, 4) is 17.2 Å². The number of ether oxygens (including phenoxy) is 2. The molecule has 2 amide bonds. The fourth-order valence-corrected chi connectivity index (χ4v) is 4.09. The average Bonchev–Trinajstić information content (AvgIpc) is 3.49. The van der Waals surface area contributed by atoms with Crippen LogP contribution in [0.2, 0.25) is 0 Å². The first-order valence-electron chi connectivity index (χ1n) is 10.7. The van der Waals surface area contributed by atoms with Gasteiger partial charge >= 0.3 is 0 Å². The number of carbonyl (C=O) groups excluding carboxylic acids is 2. The molecule has 8 heteroatoms. The van der Waals surface area contributed by atoms with Crippen molar-refractivity contribution in [3.63, 3.8) is 0 Å². The first-order chi connectivity index (χ1) is 15.6. The number of benzene rings is 2. The fourth-order valence-electron chi connectivity index (χ4n) is 4.09. The maximum Gasteiger partial charge on any atom is 0.227 e. The summed E-state index contributed by atoms with van der Waals surface area (Å²) in [6, 6.07) is 13.2. The van der Waals surface area contributed by atoms with Crippen molar-refractivity contribution < 1.29 is 19.1 Å². The van der Waals surface area contributed by atoms with E-state index < -0.39 is 5.92 Å². The number of anilines is 1. The number of carbonyl (C=O) groups is 2. The Balaban J connectivity index is 1.23. The van der Waals surface area contributed by atoms with E-state index in [2.05, 4.69) is 10.3 Å². The van der Waals surface area contributed by atoms with Crippen molar-refractivity contribution in [1.29, 1.82) is 0 Å². The van der Waals surface area contributed by atoms with Crippen LogP contribution in [-0.4, -0.2) is 41.1 Å². The van der Waals surface area contributed by atoms with E-state index in [0.29, 0.717) is 31.3 Å². The third kappa shape index (κ3) is 3.91. The van der Waals surface area contributed by atoms with Gasteiger partial charge in [-0.25, -0.2) is 4.98 Å². The van der Waals surface area contributed by atoms with E-state index in [1.165, 1.54) is 0 Å². The number of rotatable bonds is 5. The van der Waals surface area contributed by atoms with Crippen LogP contribution in [0.1, 0.15) is 24.9 Å². The van der Waals surface area contributed by atoms with Crippen molar-refractivity contribution in [2.24, 2.45) is 5.92 Å². The molecule has 1 N–H and O–H groups in total. The second kappa shape index (κ2) is 8.37. The molecule has 8 nitrogen and oxygen atoms in total. The Labute approximate surface area is 185 Å². The Morgan fingerprint density at radius 1 is 1.09 bits per heavy atom. The van der Waals surface area contributed by atoms with Crippen LogP contribution in [0.25, 0.3) is 5.69 Å². The number of hydrogen-bond donors (Lipinski definition) is 1. The number of imidazole rings is 1. The minimum Gasteiger partial charge on any atom is -0.486 e. The van der Waals surface area contributed by atoms with Gasteiger partial charge in [0, 0.05) is 42.8 Å². The molecule has 5 rings (SSSR count). The molecule has 1 fully saturated rings. The Morgan fingerprint density at radius 3 is 2.59 bits per heavy atom. The smallest absolute Gasteiger partial charge is 0.227 e. The highest BCUT2D eigenvalue weighted by Crippen LogP contribution is 2.36. The zero-order chi connectivity index (χ0) is 22.1. The lowest BCUT2D eigenvalue weighted by Gasteiger charge is -2.22. The summed E-state index contributed by atoms with van der Waals surface area (Å²) in [5, 5.41) is 3.05. The molecule has 3 aromatic rings. The standard InChI is InChI=1S/C24H24N4O4/c1-16(17-2-4-19(5-3-17)27-9-8-25-15-27)26-24(30)18-12-23(29)28(14-18)20-6-7-21-22(13-20)32-11-10-31-21/h2-9,13,15-16,18H,10-12,14H2,1H3,(H,26,30)/t16-,18+/m0/s1. The summed E-state index contributed by atoms with van der Waals surface area (Å²) in [5.41, 5.74) is 2.72. The zero-order valence-electron chi connectivity index (χ0n) is 17.7. The molecule has 3 heterocycles. The molecule has 2 aromatic carbocycles. The molecule has 1 saturated heterocycles. The zero-order valence-corrected chi connectivity index (χ0v) is 17.7. The molecular formula is C24H24N4O4. The largest absolute Gasteiger partial charge is 0.486 e. The van der Waals surface area contributed by atoms with Gasteiger partial charge in [-0.05, 0) is 36.8 Å². The fraction of sp³-hybridized carbons (Fsp3) is 0.292. The Bertz CT molecular complexity index is 1130. The van der Waals surface area contributed by atoms with Gasteiger partial charge in [-0.3, -0.25) is 9.59 Å². The van der Waals surface area contributed by atoms with Crippen LogP contribution >= 0.6 is 0 Å². The highest BCUT2D eigenvalue weighted by molar-refractivity contribution is 6.00. The number of aromatic nitrogens is 2. The predicted molar refractivity (Wildman–Crippen MR) is 118 cm³/mol. The normalized spacial score (nSPS) is 18.5. The van der Waals surface area contributed by atoms with Crippen molar-refractivity contribution in [3.05, 3.63) is 66.7 Å². The molecule has 0 bridgehead atoms. The summed E-state index contributed by atoms with van der Waals surface area (Å²) in [5.74, 6) is 0.711. The highest BCUT2D eigenvalue weighted by Gasteiger charge is 2.36. The van der Waals surface area contributed by atoms with Gasteiger partial charge in [0.05, 0.1) is 18.3 Å². The van der Waals surface area contributed by atoms with Gasteiger partial charge in [0.15, 0.2) is 11.5 Å². The van der Waals surface area contributed by atoms with Crippen molar-refractivity contribution >= 4 is 17.5 Å². The maximum atomic E-state index is 12.9. The molecule has 0 unspecified atom stereocenters. The lowest BCUT2D eigenvalue weighted by Crippen LogP contribution is -2.34. The van der Waals surface area contributed by atoms with Crippen LogP contribution in [0.4, 0.5) is 5.69 Å². The molecule has 1 aromatic heterocycles. The summed E-state index contributed by atoms with van der Waals surface area (Å²) >= 11 is 0. The Hall–Kier alpha value is -3.81. The number of nitrogens with one attached hydrogen (secondary N) is 1. The summed E-state index contributed by atoms with van der Waals surface area (Å²) in [4.78, 5) is 31.2. The lowest BCUT2D eigenvalue weighted by molar-refractivity contribution is -0.126. The molecule has 164 valence electrons. The lowest BCUT2D eigenvalue weighted by atomic mass is 10.0. The second-order valence-corrected chi connectivity index (χ2v) is 8.03. The molecule has 2 atom stereocenters. The molecule has 0 aliphatic carbocycles. The van der Waals surface area contributed by atoms with Gasteiger partial charge in [0.2, 0.25) is 11.8 Å². The summed E-state index contributed by atoms with van der Waals surface area (Å²) < 4.78 is 13.1. The Morgan fingerprint density at radius 2 is 1.84 bits per heavy atom. The highest BCUT2D eigenvalue weighted by atomic mass is 16.6. The summed E-state index contributed by atoms with van der Waals surface area (Å²) in [7, 11) is 0. The summed E-state index contributed by atoms with van der Waals surface area (Å²) in [6.45, 7) is 3.29. The van der Waals surface area contributed by atoms with Gasteiger partial charge in [-0.15, -0.1) is 0 Å². The SMILES string of the molecule is C[C@H](NC(=O)[C@@H]1CC(=O)N(c2ccc3c(c2)OCCO3)C1)c1ccc(-n2ccnc2)cc1.